The molecule has 4 rings (SSSR count). The lowest BCUT2D eigenvalue weighted by Gasteiger charge is -2.34. The van der Waals surface area contributed by atoms with E-state index in [0.29, 0.717) is 11.4 Å². The fraction of sp³-hybridized carbons (Fsp3) is 0.429. The first-order valence-corrected chi connectivity index (χ1v) is 11.9. The summed E-state index contributed by atoms with van der Waals surface area (Å²) < 4.78 is 5.05. The fourth-order valence-electron chi connectivity index (χ4n) is 5.40. The third-order valence-corrected chi connectivity index (χ3v) is 8.04. The van der Waals surface area contributed by atoms with Crippen molar-refractivity contribution in [1.29, 1.82) is 0 Å². The molecule has 35 heavy (non-hydrogen) atoms. The average molecular weight is 477 g/mol. The van der Waals surface area contributed by atoms with Crippen LogP contribution < -0.4 is 9.64 Å². The molecule has 1 aliphatic carbocycles. The number of ether oxygens (including phenoxy) is 1. The number of amides is 3. The third kappa shape index (κ3) is 4.13. The third-order valence-electron chi connectivity index (χ3n) is 8.04. The van der Waals surface area contributed by atoms with E-state index in [9.17, 15) is 19.2 Å². The second kappa shape index (κ2) is 8.63. The summed E-state index contributed by atoms with van der Waals surface area (Å²) in [5.41, 5.74) is 0.861. The van der Waals surface area contributed by atoms with Gasteiger partial charge in [0, 0.05) is 12.8 Å². The van der Waals surface area contributed by atoms with E-state index in [4.69, 9.17) is 4.74 Å². The Hall–Kier alpha value is -3.48. The largest absolute Gasteiger partial charge is 0.427 e. The average Bonchev–Trinajstić information content (AvgIpc) is 3.03. The van der Waals surface area contributed by atoms with Gasteiger partial charge in [-0.1, -0.05) is 58.0 Å². The van der Waals surface area contributed by atoms with Crippen molar-refractivity contribution < 1.29 is 23.9 Å². The predicted molar refractivity (Wildman–Crippen MR) is 131 cm³/mol. The maximum atomic E-state index is 14.0. The monoisotopic (exact) mass is 476 g/mol. The Morgan fingerprint density at radius 1 is 0.971 bits per heavy atom. The maximum Gasteiger partial charge on any atom is 0.308 e. The van der Waals surface area contributed by atoms with Crippen LogP contribution in [0.2, 0.25) is 0 Å². The Bertz CT molecular complexity index is 1160. The Balaban J connectivity index is 1.67. The van der Waals surface area contributed by atoms with Crippen LogP contribution in [0.15, 0.2) is 54.6 Å². The Labute approximate surface area is 206 Å². The summed E-state index contributed by atoms with van der Waals surface area (Å²) in [4.78, 5) is 54.6. The highest BCUT2D eigenvalue weighted by atomic mass is 16.5. The van der Waals surface area contributed by atoms with Gasteiger partial charge in [0.1, 0.15) is 11.8 Å². The Morgan fingerprint density at radius 3 is 2.06 bits per heavy atom. The number of esters is 1. The van der Waals surface area contributed by atoms with Crippen molar-refractivity contribution in [3.63, 3.8) is 0 Å². The van der Waals surface area contributed by atoms with Crippen LogP contribution in [0.1, 0.15) is 59.6 Å². The van der Waals surface area contributed by atoms with Gasteiger partial charge >= 0.3 is 5.97 Å². The fourth-order valence-corrected chi connectivity index (χ4v) is 5.40. The number of benzene rings is 2. The maximum absolute atomic E-state index is 14.0. The normalized spacial score (nSPS) is 21.5. The molecule has 0 N–H and O–H groups in total. The van der Waals surface area contributed by atoms with Gasteiger partial charge in [-0.3, -0.25) is 19.2 Å². The van der Waals surface area contributed by atoms with Gasteiger partial charge in [-0.2, -0.15) is 0 Å². The summed E-state index contributed by atoms with van der Waals surface area (Å²) in [6, 6.07) is 14.5. The SMILES string of the molecule is CC(=O)Oc1ccc(N2C(=O)CC(N(C(=O)C3C(C)(C)C3(C)C)C(C)c3ccccc3)C2=O)cc1. The molecule has 0 radical (unpaired) electrons. The van der Waals surface area contributed by atoms with E-state index in [1.807, 2.05) is 37.3 Å². The topological polar surface area (TPSA) is 84.0 Å². The van der Waals surface area contributed by atoms with E-state index in [1.54, 1.807) is 17.0 Å². The number of carbonyl (C=O) groups is 4. The molecule has 0 spiro atoms. The van der Waals surface area contributed by atoms with Gasteiger partial charge in [0.25, 0.3) is 5.91 Å². The minimum atomic E-state index is -0.898. The van der Waals surface area contributed by atoms with Crippen LogP contribution in [0.25, 0.3) is 0 Å². The first-order valence-electron chi connectivity index (χ1n) is 11.9. The van der Waals surface area contributed by atoms with Gasteiger partial charge in [-0.05, 0) is 47.6 Å². The number of hydrogen-bond donors (Lipinski definition) is 0. The summed E-state index contributed by atoms with van der Waals surface area (Å²) >= 11 is 0. The molecular weight excluding hydrogens is 444 g/mol. The first-order chi connectivity index (χ1) is 16.4. The highest BCUT2D eigenvalue weighted by Crippen LogP contribution is 2.69. The summed E-state index contributed by atoms with van der Waals surface area (Å²) in [5, 5.41) is 0. The van der Waals surface area contributed by atoms with Crippen molar-refractivity contribution in [1.82, 2.24) is 4.90 Å². The molecular formula is C28H32N2O5. The van der Waals surface area contributed by atoms with Crippen LogP contribution in [0.5, 0.6) is 5.75 Å². The minimum absolute atomic E-state index is 0.0823. The highest BCUT2D eigenvalue weighted by Gasteiger charge is 2.69. The lowest BCUT2D eigenvalue weighted by atomic mass is 10.0. The highest BCUT2D eigenvalue weighted by molar-refractivity contribution is 6.23. The van der Waals surface area contributed by atoms with Crippen LogP contribution in [-0.2, 0) is 19.2 Å². The van der Waals surface area contributed by atoms with Crippen molar-refractivity contribution >= 4 is 29.4 Å². The van der Waals surface area contributed by atoms with Gasteiger partial charge < -0.3 is 9.64 Å². The zero-order valence-corrected chi connectivity index (χ0v) is 21.1. The van der Waals surface area contributed by atoms with Crippen LogP contribution in [0, 0.1) is 16.7 Å². The number of carbonyl (C=O) groups excluding carboxylic acids is 4. The van der Waals surface area contributed by atoms with Crippen LogP contribution in [0.3, 0.4) is 0 Å². The van der Waals surface area contributed by atoms with Gasteiger partial charge in [0.2, 0.25) is 11.8 Å². The number of rotatable bonds is 6. The number of imide groups is 1. The molecule has 7 nitrogen and oxygen atoms in total. The van der Waals surface area contributed by atoms with Gasteiger partial charge in [0.15, 0.2) is 0 Å². The number of anilines is 1. The molecule has 1 saturated heterocycles. The molecule has 2 aromatic carbocycles. The molecule has 2 aromatic rings. The molecule has 2 aliphatic rings. The second-order valence-corrected chi connectivity index (χ2v) is 10.6. The van der Waals surface area contributed by atoms with E-state index in [0.717, 1.165) is 10.5 Å². The van der Waals surface area contributed by atoms with Gasteiger partial charge in [0.05, 0.1) is 18.2 Å². The van der Waals surface area contributed by atoms with Crippen LogP contribution in [-0.4, -0.2) is 34.6 Å². The van der Waals surface area contributed by atoms with Crippen molar-refractivity contribution in [2.24, 2.45) is 16.7 Å². The Morgan fingerprint density at radius 2 is 1.54 bits per heavy atom. The molecule has 2 fully saturated rings. The summed E-state index contributed by atoms with van der Waals surface area (Å²) in [6.07, 6.45) is -0.0823. The lowest BCUT2D eigenvalue weighted by molar-refractivity contribution is -0.143. The lowest BCUT2D eigenvalue weighted by Crippen LogP contribution is -2.48. The molecule has 3 amide bonds. The van der Waals surface area contributed by atoms with Crippen molar-refractivity contribution in [3.8, 4) is 5.75 Å². The summed E-state index contributed by atoms with van der Waals surface area (Å²) in [5.74, 6) is -1.28. The molecule has 1 aliphatic heterocycles. The quantitative estimate of drug-likeness (QED) is 0.348. The molecule has 2 atom stereocenters. The molecule has 1 heterocycles. The van der Waals surface area contributed by atoms with E-state index >= 15 is 0 Å². The van der Waals surface area contributed by atoms with Crippen molar-refractivity contribution in [2.75, 3.05) is 4.90 Å². The molecule has 0 bridgehead atoms. The van der Waals surface area contributed by atoms with E-state index < -0.39 is 17.9 Å². The minimum Gasteiger partial charge on any atom is -0.427 e. The van der Waals surface area contributed by atoms with Crippen molar-refractivity contribution in [2.45, 2.75) is 60.0 Å². The number of nitrogens with zero attached hydrogens (tertiary/aromatic N) is 2. The zero-order chi connectivity index (χ0) is 25.7. The standard InChI is InChI=1S/C28H32N2O5/c1-17(19-10-8-7-9-11-19)29(26(34)24-27(3,4)28(24,5)6)22-16-23(32)30(25(22)33)20-12-14-21(15-13-20)35-18(2)31/h7-15,17,22,24H,16H2,1-6H3. The van der Waals surface area contributed by atoms with Crippen molar-refractivity contribution in [3.05, 3.63) is 60.2 Å². The molecule has 7 heteroatoms. The molecule has 184 valence electrons. The van der Waals surface area contributed by atoms with Crippen LogP contribution >= 0.6 is 0 Å². The molecule has 0 aromatic heterocycles. The van der Waals surface area contributed by atoms with Gasteiger partial charge in [-0.25, -0.2) is 4.90 Å². The van der Waals surface area contributed by atoms with E-state index in [-0.39, 0.29) is 41.0 Å². The van der Waals surface area contributed by atoms with E-state index in [1.165, 1.54) is 19.1 Å². The first kappa shape index (κ1) is 24.6. The van der Waals surface area contributed by atoms with Gasteiger partial charge in [-0.15, -0.1) is 0 Å². The van der Waals surface area contributed by atoms with E-state index in [2.05, 4.69) is 27.7 Å². The Kier molecular flexibility index (Phi) is 6.07. The predicted octanol–water partition coefficient (Wildman–Crippen LogP) is 4.52. The second-order valence-electron chi connectivity index (χ2n) is 10.6. The summed E-state index contributed by atoms with van der Waals surface area (Å²) in [7, 11) is 0. The molecule has 2 unspecified atom stereocenters. The zero-order valence-electron chi connectivity index (χ0n) is 21.1. The number of hydrogen-bond acceptors (Lipinski definition) is 5. The smallest absolute Gasteiger partial charge is 0.308 e. The summed E-state index contributed by atoms with van der Waals surface area (Å²) in [6.45, 7) is 11.5. The van der Waals surface area contributed by atoms with Crippen LogP contribution in [0.4, 0.5) is 5.69 Å². The molecule has 1 saturated carbocycles.